The summed E-state index contributed by atoms with van der Waals surface area (Å²) in [6, 6.07) is 6.19. The molecular formula is C16H12BrClN6O2. The minimum Gasteiger partial charge on any atom is -0.366 e. The minimum atomic E-state index is -0.702. The number of nitrogens with one attached hydrogen (secondary N) is 1. The zero-order chi connectivity index (χ0) is 18.8. The molecule has 0 spiro atoms. The number of hydrogen-bond acceptors (Lipinski definition) is 5. The van der Waals surface area contributed by atoms with Crippen LogP contribution in [0.2, 0.25) is 5.02 Å². The molecule has 8 nitrogen and oxygen atoms in total. The molecule has 3 aromatic rings. The molecule has 2 amide bonds. The Morgan fingerprint density at radius 3 is 2.58 bits per heavy atom. The summed E-state index contributed by atoms with van der Waals surface area (Å²) < 4.78 is 1.72. The van der Waals surface area contributed by atoms with Crippen molar-refractivity contribution in [3.8, 4) is 5.95 Å². The van der Waals surface area contributed by atoms with Gasteiger partial charge in [0.15, 0.2) is 0 Å². The first-order chi connectivity index (χ1) is 12.4. The van der Waals surface area contributed by atoms with Gasteiger partial charge in [-0.3, -0.25) is 9.59 Å². The molecule has 132 valence electrons. The van der Waals surface area contributed by atoms with Gasteiger partial charge < -0.3 is 11.1 Å². The molecule has 0 unspecified atom stereocenters. The van der Waals surface area contributed by atoms with E-state index in [1.807, 2.05) is 0 Å². The Hall–Kier alpha value is -2.78. The molecule has 0 atom stereocenters. The van der Waals surface area contributed by atoms with Crippen molar-refractivity contribution in [2.75, 3.05) is 5.32 Å². The lowest BCUT2D eigenvalue weighted by Gasteiger charge is -2.13. The van der Waals surface area contributed by atoms with Crippen LogP contribution in [0.4, 0.5) is 5.69 Å². The van der Waals surface area contributed by atoms with Crippen molar-refractivity contribution >= 4 is 45.0 Å². The fourth-order valence-electron chi connectivity index (χ4n) is 2.35. The van der Waals surface area contributed by atoms with Gasteiger partial charge in [0.2, 0.25) is 0 Å². The van der Waals surface area contributed by atoms with Gasteiger partial charge in [0, 0.05) is 23.5 Å². The van der Waals surface area contributed by atoms with E-state index < -0.39 is 11.8 Å². The Labute approximate surface area is 161 Å². The molecule has 0 fully saturated rings. The predicted octanol–water partition coefficient (Wildman–Crippen LogP) is 2.74. The van der Waals surface area contributed by atoms with Crippen molar-refractivity contribution in [2.45, 2.75) is 6.92 Å². The lowest BCUT2D eigenvalue weighted by Crippen LogP contribution is -2.22. The van der Waals surface area contributed by atoms with Crippen molar-refractivity contribution in [2.24, 2.45) is 5.73 Å². The maximum absolute atomic E-state index is 12.8. The Kier molecular flexibility index (Phi) is 5.01. The molecule has 0 aliphatic heterocycles. The van der Waals surface area contributed by atoms with Crippen molar-refractivity contribution < 1.29 is 9.59 Å². The number of hydrogen-bond donors (Lipinski definition) is 2. The quantitative estimate of drug-likeness (QED) is 0.654. The van der Waals surface area contributed by atoms with Crippen LogP contribution in [0, 0.1) is 6.92 Å². The number of halogens is 2. The topological polar surface area (TPSA) is 116 Å². The van der Waals surface area contributed by atoms with E-state index in [1.165, 1.54) is 29.2 Å². The van der Waals surface area contributed by atoms with E-state index in [9.17, 15) is 9.59 Å². The summed E-state index contributed by atoms with van der Waals surface area (Å²) in [4.78, 5) is 32.7. The molecular weight excluding hydrogens is 424 g/mol. The molecule has 0 bridgehead atoms. The van der Waals surface area contributed by atoms with Crippen LogP contribution in [-0.4, -0.2) is 31.6 Å². The number of rotatable bonds is 4. The zero-order valence-corrected chi connectivity index (χ0v) is 15.7. The number of benzene rings is 1. The number of carbonyl (C=O) groups is 2. The highest BCUT2D eigenvalue weighted by atomic mass is 79.9. The second-order valence-corrected chi connectivity index (χ2v) is 6.53. The number of nitrogens with zero attached hydrogens (tertiary/aromatic N) is 4. The first kappa shape index (κ1) is 18.0. The normalized spacial score (nSPS) is 10.6. The van der Waals surface area contributed by atoms with Crippen LogP contribution >= 0.6 is 27.5 Å². The van der Waals surface area contributed by atoms with E-state index in [-0.39, 0.29) is 22.9 Å². The van der Waals surface area contributed by atoms with Gasteiger partial charge in [0.1, 0.15) is 10.3 Å². The van der Waals surface area contributed by atoms with Crippen molar-refractivity contribution in [1.82, 2.24) is 19.7 Å². The molecule has 2 aromatic heterocycles. The first-order valence-corrected chi connectivity index (χ1v) is 8.48. The van der Waals surface area contributed by atoms with Gasteiger partial charge in [-0.1, -0.05) is 11.6 Å². The van der Waals surface area contributed by atoms with Gasteiger partial charge in [-0.25, -0.2) is 9.97 Å². The molecule has 3 N–H and O–H groups in total. The van der Waals surface area contributed by atoms with Crippen LogP contribution in [0.3, 0.4) is 0 Å². The number of aryl methyl sites for hydroxylation is 1. The molecule has 0 aliphatic carbocycles. The smallest absolute Gasteiger partial charge is 0.274 e. The van der Waals surface area contributed by atoms with E-state index in [0.717, 1.165) is 0 Å². The Morgan fingerprint density at radius 2 is 1.92 bits per heavy atom. The highest BCUT2D eigenvalue weighted by Gasteiger charge is 2.21. The van der Waals surface area contributed by atoms with E-state index in [2.05, 4.69) is 36.3 Å². The maximum atomic E-state index is 12.8. The molecule has 0 radical (unpaired) electrons. The number of primary amides is 1. The summed E-state index contributed by atoms with van der Waals surface area (Å²) >= 11 is 9.21. The maximum Gasteiger partial charge on any atom is 0.274 e. The van der Waals surface area contributed by atoms with Crippen LogP contribution in [0.5, 0.6) is 0 Å². The predicted molar refractivity (Wildman–Crippen MR) is 99.5 cm³/mol. The second-order valence-electron chi connectivity index (χ2n) is 5.28. The lowest BCUT2D eigenvalue weighted by molar-refractivity contribution is 0.100. The van der Waals surface area contributed by atoms with Gasteiger partial charge in [-0.15, -0.1) is 0 Å². The van der Waals surface area contributed by atoms with E-state index >= 15 is 0 Å². The van der Waals surface area contributed by atoms with E-state index in [0.29, 0.717) is 15.2 Å². The number of carbonyl (C=O) groups excluding carboxylic acids is 2. The third-order valence-electron chi connectivity index (χ3n) is 3.46. The minimum absolute atomic E-state index is 0.115. The molecule has 10 heteroatoms. The second kappa shape index (κ2) is 7.22. The number of amides is 2. The highest BCUT2D eigenvalue weighted by Crippen LogP contribution is 2.26. The molecule has 0 aliphatic rings. The fourth-order valence-corrected chi connectivity index (χ4v) is 3.00. The number of aromatic nitrogens is 4. The third-order valence-corrected chi connectivity index (χ3v) is 4.06. The van der Waals surface area contributed by atoms with Crippen LogP contribution in [0.25, 0.3) is 5.95 Å². The highest BCUT2D eigenvalue weighted by molar-refractivity contribution is 9.10. The van der Waals surface area contributed by atoms with E-state index in [4.69, 9.17) is 17.3 Å². The SMILES string of the molecule is Cc1cc(Cl)cc(C(N)=O)c1NC(=O)c1cc(Br)nn1-c1ncccn1. The van der Waals surface area contributed by atoms with Crippen molar-refractivity contribution in [3.63, 3.8) is 0 Å². The van der Waals surface area contributed by atoms with Crippen molar-refractivity contribution in [1.29, 1.82) is 0 Å². The monoisotopic (exact) mass is 434 g/mol. The van der Waals surface area contributed by atoms with Gasteiger partial charge >= 0.3 is 0 Å². The molecule has 2 heterocycles. The number of nitrogens with two attached hydrogens (primary N) is 1. The molecule has 1 aromatic carbocycles. The van der Waals surface area contributed by atoms with Crippen LogP contribution < -0.4 is 11.1 Å². The van der Waals surface area contributed by atoms with Crippen LogP contribution in [-0.2, 0) is 0 Å². The van der Waals surface area contributed by atoms with Crippen molar-refractivity contribution in [3.05, 3.63) is 63.1 Å². The molecule has 0 saturated heterocycles. The van der Waals surface area contributed by atoms with Gasteiger partial charge in [-0.05, 0) is 46.6 Å². The summed E-state index contributed by atoms with van der Waals surface area (Å²) in [5.41, 5.74) is 6.57. The first-order valence-electron chi connectivity index (χ1n) is 7.31. The average molecular weight is 436 g/mol. The Balaban J connectivity index is 2.02. The van der Waals surface area contributed by atoms with E-state index in [1.54, 1.807) is 19.1 Å². The average Bonchev–Trinajstić information content (AvgIpc) is 2.99. The van der Waals surface area contributed by atoms with Crippen LogP contribution in [0.1, 0.15) is 26.4 Å². The zero-order valence-electron chi connectivity index (χ0n) is 13.4. The van der Waals surface area contributed by atoms with Gasteiger partial charge in [0.25, 0.3) is 17.8 Å². The lowest BCUT2D eigenvalue weighted by atomic mass is 10.1. The molecule has 0 saturated carbocycles. The summed E-state index contributed by atoms with van der Waals surface area (Å²) in [7, 11) is 0. The fraction of sp³-hybridized carbons (Fsp3) is 0.0625. The largest absolute Gasteiger partial charge is 0.366 e. The molecule has 26 heavy (non-hydrogen) atoms. The number of anilines is 1. The third kappa shape index (κ3) is 3.58. The van der Waals surface area contributed by atoms with Crippen LogP contribution in [0.15, 0.2) is 41.3 Å². The summed E-state index contributed by atoms with van der Waals surface area (Å²) in [6.45, 7) is 1.71. The Morgan fingerprint density at radius 1 is 1.23 bits per heavy atom. The Bertz CT molecular complexity index is 1010. The van der Waals surface area contributed by atoms with Gasteiger partial charge in [0.05, 0.1) is 11.3 Å². The summed E-state index contributed by atoms with van der Waals surface area (Å²) in [6.07, 6.45) is 3.07. The molecule has 3 rings (SSSR count). The van der Waals surface area contributed by atoms with Gasteiger partial charge in [-0.2, -0.15) is 9.78 Å². The summed E-state index contributed by atoms with van der Waals surface area (Å²) in [5.74, 6) is -0.984. The summed E-state index contributed by atoms with van der Waals surface area (Å²) in [5, 5.41) is 7.21. The standard InChI is InChI=1S/C16H12BrClN6O2/c1-8-5-9(18)6-10(14(19)25)13(8)22-15(26)11-7-12(17)23-24(11)16-20-3-2-4-21-16/h2-7H,1H3,(H2,19,25)(H,22,26).